The van der Waals surface area contributed by atoms with Gasteiger partial charge >= 0.3 is 5.97 Å². The molecule has 5 heteroatoms. The third-order valence-corrected chi connectivity index (χ3v) is 3.04. The molecule has 21 heavy (non-hydrogen) atoms. The van der Waals surface area contributed by atoms with Gasteiger partial charge in [-0.25, -0.2) is 4.39 Å². The molecule has 0 aliphatic carbocycles. The number of para-hydroxylation sites is 1. The summed E-state index contributed by atoms with van der Waals surface area (Å²) >= 11 is 0. The summed E-state index contributed by atoms with van der Waals surface area (Å²) in [5, 5.41) is 0. The fourth-order valence-electron chi connectivity index (χ4n) is 1.83. The highest BCUT2D eigenvalue weighted by Crippen LogP contribution is 2.17. The van der Waals surface area contributed by atoms with Crippen LogP contribution < -0.4 is 10.5 Å². The minimum absolute atomic E-state index is 0.0600. The van der Waals surface area contributed by atoms with Crippen molar-refractivity contribution in [2.24, 2.45) is 0 Å². The lowest BCUT2D eigenvalue weighted by atomic mass is 10.1. The second kappa shape index (κ2) is 6.74. The minimum Gasteiger partial charge on any atom is -0.497 e. The smallest absolute Gasteiger partial charge is 0.310 e. The second-order valence-corrected chi connectivity index (χ2v) is 4.49. The van der Waals surface area contributed by atoms with Gasteiger partial charge in [0.15, 0.2) is 0 Å². The van der Waals surface area contributed by atoms with Crippen LogP contribution in [0.1, 0.15) is 11.1 Å². The molecule has 0 fully saturated rings. The molecule has 0 aliphatic rings. The number of hydrogen-bond acceptors (Lipinski definition) is 4. The van der Waals surface area contributed by atoms with Crippen LogP contribution in [0.5, 0.6) is 5.75 Å². The SMILES string of the molecule is COc1ccc(COC(=O)Cc2ccccc2N)c(F)c1. The van der Waals surface area contributed by atoms with E-state index in [1.54, 1.807) is 30.3 Å². The summed E-state index contributed by atoms with van der Waals surface area (Å²) in [6.07, 6.45) is 0.0600. The van der Waals surface area contributed by atoms with Crippen LogP contribution in [-0.2, 0) is 22.6 Å². The van der Waals surface area contributed by atoms with Gasteiger partial charge in [0, 0.05) is 17.3 Å². The molecule has 0 radical (unpaired) electrons. The van der Waals surface area contributed by atoms with Gasteiger partial charge in [0.25, 0.3) is 0 Å². The van der Waals surface area contributed by atoms with Gasteiger partial charge in [-0.1, -0.05) is 18.2 Å². The molecule has 0 aliphatic heterocycles. The van der Waals surface area contributed by atoms with E-state index in [1.807, 2.05) is 0 Å². The number of ether oxygens (including phenoxy) is 2. The lowest BCUT2D eigenvalue weighted by Crippen LogP contribution is -2.10. The van der Waals surface area contributed by atoms with Crippen LogP contribution >= 0.6 is 0 Å². The number of halogens is 1. The Labute approximate surface area is 122 Å². The van der Waals surface area contributed by atoms with Crippen LogP contribution in [0.25, 0.3) is 0 Å². The highest BCUT2D eigenvalue weighted by molar-refractivity contribution is 5.74. The van der Waals surface area contributed by atoms with Crippen LogP contribution in [0.2, 0.25) is 0 Å². The number of benzene rings is 2. The number of hydrogen-bond donors (Lipinski definition) is 1. The Balaban J connectivity index is 1.94. The fourth-order valence-corrected chi connectivity index (χ4v) is 1.83. The molecule has 0 amide bonds. The number of nitrogen functional groups attached to an aromatic ring is 1. The van der Waals surface area contributed by atoms with Crippen LogP contribution in [0, 0.1) is 5.82 Å². The van der Waals surface area contributed by atoms with Crippen LogP contribution in [0.3, 0.4) is 0 Å². The number of anilines is 1. The zero-order valence-electron chi connectivity index (χ0n) is 11.6. The molecule has 0 saturated heterocycles. The number of esters is 1. The van der Waals surface area contributed by atoms with Crippen molar-refractivity contribution in [2.45, 2.75) is 13.0 Å². The van der Waals surface area contributed by atoms with Gasteiger partial charge in [-0.05, 0) is 23.8 Å². The molecule has 2 aromatic carbocycles. The van der Waals surface area contributed by atoms with Gasteiger partial charge in [0.05, 0.1) is 13.5 Å². The number of methoxy groups -OCH3 is 1. The molecule has 0 aromatic heterocycles. The van der Waals surface area contributed by atoms with E-state index in [2.05, 4.69) is 0 Å². The van der Waals surface area contributed by atoms with E-state index in [-0.39, 0.29) is 13.0 Å². The standard InChI is InChI=1S/C16H16FNO3/c1-20-13-7-6-12(14(17)9-13)10-21-16(19)8-11-4-2-3-5-15(11)18/h2-7,9H,8,10,18H2,1H3. The number of carbonyl (C=O) groups excluding carboxylic acids is 1. The Morgan fingerprint density at radius 1 is 1.19 bits per heavy atom. The maximum atomic E-state index is 13.7. The zero-order valence-corrected chi connectivity index (χ0v) is 11.6. The highest BCUT2D eigenvalue weighted by atomic mass is 19.1. The summed E-state index contributed by atoms with van der Waals surface area (Å²) < 4.78 is 23.7. The molecular weight excluding hydrogens is 273 g/mol. The van der Waals surface area contributed by atoms with Crippen LogP contribution in [0.4, 0.5) is 10.1 Å². The first-order valence-electron chi connectivity index (χ1n) is 6.41. The average Bonchev–Trinajstić information content (AvgIpc) is 2.48. The maximum absolute atomic E-state index is 13.7. The number of carbonyl (C=O) groups is 1. The molecular formula is C16H16FNO3. The Morgan fingerprint density at radius 3 is 2.62 bits per heavy atom. The molecule has 110 valence electrons. The van der Waals surface area contributed by atoms with Gasteiger partial charge in [-0.15, -0.1) is 0 Å². The molecule has 2 rings (SSSR count). The average molecular weight is 289 g/mol. The van der Waals surface area contributed by atoms with Crippen LogP contribution in [-0.4, -0.2) is 13.1 Å². The highest BCUT2D eigenvalue weighted by Gasteiger charge is 2.10. The summed E-state index contributed by atoms with van der Waals surface area (Å²) in [5.74, 6) is -0.510. The predicted octanol–water partition coefficient (Wildman–Crippen LogP) is 2.70. The van der Waals surface area contributed by atoms with Crippen molar-refractivity contribution in [3.63, 3.8) is 0 Å². The number of rotatable bonds is 5. The van der Waals surface area contributed by atoms with E-state index >= 15 is 0 Å². The third-order valence-electron chi connectivity index (χ3n) is 3.04. The molecule has 2 N–H and O–H groups in total. The molecule has 2 aromatic rings. The summed E-state index contributed by atoms with van der Waals surface area (Å²) in [6, 6.07) is 11.4. The normalized spacial score (nSPS) is 10.2. The largest absolute Gasteiger partial charge is 0.497 e. The third kappa shape index (κ3) is 3.95. The monoisotopic (exact) mass is 289 g/mol. The maximum Gasteiger partial charge on any atom is 0.310 e. The summed E-state index contributed by atoms with van der Waals surface area (Å²) in [6.45, 7) is -0.124. The quantitative estimate of drug-likeness (QED) is 0.679. The molecule has 0 bridgehead atoms. The summed E-state index contributed by atoms with van der Waals surface area (Å²) in [7, 11) is 1.46. The van der Waals surface area contributed by atoms with Gasteiger partial charge in [0.1, 0.15) is 18.2 Å². The predicted molar refractivity (Wildman–Crippen MR) is 77.3 cm³/mol. The Hall–Kier alpha value is -2.56. The van der Waals surface area contributed by atoms with E-state index in [0.29, 0.717) is 22.6 Å². The van der Waals surface area contributed by atoms with E-state index in [0.717, 1.165) is 0 Å². The van der Waals surface area contributed by atoms with Gasteiger partial charge in [-0.3, -0.25) is 4.79 Å². The van der Waals surface area contributed by atoms with Crippen LogP contribution in [0.15, 0.2) is 42.5 Å². The molecule has 0 heterocycles. The fraction of sp³-hybridized carbons (Fsp3) is 0.188. The van der Waals surface area contributed by atoms with Crippen molar-refractivity contribution >= 4 is 11.7 Å². The van der Waals surface area contributed by atoms with Crippen molar-refractivity contribution in [2.75, 3.05) is 12.8 Å². The molecule has 0 unspecified atom stereocenters. The first-order valence-corrected chi connectivity index (χ1v) is 6.41. The molecule has 0 atom stereocenters. The molecule has 0 saturated carbocycles. The van der Waals surface area contributed by atoms with Gasteiger partial charge in [-0.2, -0.15) is 0 Å². The molecule has 4 nitrogen and oxygen atoms in total. The summed E-state index contributed by atoms with van der Waals surface area (Å²) in [5.41, 5.74) is 7.27. The zero-order chi connectivity index (χ0) is 15.2. The van der Waals surface area contributed by atoms with Crippen molar-refractivity contribution in [3.05, 3.63) is 59.4 Å². The van der Waals surface area contributed by atoms with Crippen molar-refractivity contribution < 1.29 is 18.7 Å². The summed E-state index contributed by atoms with van der Waals surface area (Å²) in [4.78, 5) is 11.7. The lowest BCUT2D eigenvalue weighted by Gasteiger charge is -2.08. The lowest BCUT2D eigenvalue weighted by molar-refractivity contribution is -0.144. The topological polar surface area (TPSA) is 61.5 Å². The van der Waals surface area contributed by atoms with E-state index < -0.39 is 11.8 Å². The van der Waals surface area contributed by atoms with Crippen molar-refractivity contribution in [3.8, 4) is 5.75 Å². The van der Waals surface area contributed by atoms with E-state index in [1.165, 1.54) is 19.2 Å². The second-order valence-electron chi connectivity index (χ2n) is 4.49. The van der Waals surface area contributed by atoms with Crippen molar-refractivity contribution in [1.29, 1.82) is 0 Å². The van der Waals surface area contributed by atoms with E-state index in [4.69, 9.17) is 15.2 Å². The van der Waals surface area contributed by atoms with Crippen molar-refractivity contribution in [1.82, 2.24) is 0 Å². The van der Waals surface area contributed by atoms with E-state index in [9.17, 15) is 9.18 Å². The minimum atomic E-state index is -0.471. The Bertz CT molecular complexity index is 643. The van der Waals surface area contributed by atoms with Gasteiger partial charge < -0.3 is 15.2 Å². The van der Waals surface area contributed by atoms with Gasteiger partial charge in [0.2, 0.25) is 0 Å². The first-order chi connectivity index (χ1) is 10.1. The Morgan fingerprint density at radius 2 is 1.95 bits per heavy atom. The Kier molecular flexibility index (Phi) is 4.77. The number of nitrogens with two attached hydrogens (primary N) is 1. The molecule has 0 spiro atoms. The first kappa shape index (κ1) is 14.8.